The lowest BCUT2D eigenvalue weighted by Crippen LogP contribution is -2.55. The Hall–Kier alpha value is -1.82. The lowest BCUT2D eigenvalue weighted by atomic mass is 10.1. The number of hydrogen-bond acceptors (Lipinski definition) is 7. The molecule has 0 aliphatic carbocycles. The van der Waals surface area contributed by atoms with Crippen molar-refractivity contribution in [2.75, 3.05) is 31.8 Å². The van der Waals surface area contributed by atoms with Crippen LogP contribution in [0, 0.1) is 5.92 Å². The Morgan fingerprint density at radius 2 is 1.85 bits per heavy atom. The lowest BCUT2D eigenvalue weighted by Gasteiger charge is -2.31. The van der Waals surface area contributed by atoms with Crippen molar-refractivity contribution in [3.05, 3.63) is 24.3 Å². The number of carbonyl (C=O) groups is 2. The second kappa shape index (κ2) is 11.1. The number of thioether (sulfide) groups is 1. The summed E-state index contributed by atoms with van der Waals surface area (Å²) in [5.41, 5.74) is -0.460. The van der Waals surface area contributed by atoms with E-state index >= 15 is 0 Å². The van der Waals surface area contributed by atoms with Crippen LogP contribution in [0.15, 0.2) is 29.2 Å². The smallest absolute Gasteiger partial charge is 0.254 e. The summed E-state index contributed by atoms with van der Waals surface area (Å²) >= 11 is 1.42. The van der Waals surface area contributed by atoms with E-state index in [1.54, 1.807) is 12.1 Å². The summed E-state index contributed by atoms with van der Waals surface area (Å²) in [7, 11) is -2.48. The van der Waals surface area contributed by atoms with Crippen LogP contribution in [0.3, 0.4) is 0 Å². The highest BCUT2D eigenvalue weighted by atomic mass is 32.2. The van der Waals surface area contributed by atoms with Crippen molar-refractivity contribution in [3.63, 3.8) is 0 Å². The molecule has 1 unspecified atom stereocenters. The van der Waals surface area contributed by atoms with Gasteiger partial charge in [0, 0.05) is 24.4 Å². The van der Waals surface area contributed by atoms with E-state index in [2.05, 4.69) is 5.32 Å². The van der Waals surface area contributed by atoms with E-state index in [1.807, 2.05) is 34.6 Å². The maximum absolute atomic E-state index is 13.3. The predicted octanol–water partition coefficient (Wildman–Crippen LogP) is 1.52. The molecule has 0 bridgehead atoms. The molecule has 186 valence electrons. The monoisotopic (exact) mass is 501 g/mol. The number of ether oxygens (including phenoxy) is 1. The molecule has 0 aromatic heterocycles. The number of nitrogens with zero attached hydrogens (tertiary/aromatic N) is 2. The molecule has 9 nitrogen and oxygen atoms in total. The summed E-state index contributed by atoms with van der Waals surface area (Å²) in [5.74, 6) is 0.206. The maximum Gasteiger partial charge on any atom is 0.254 e. The number of hydrogen-bond donors (Lipinski definition) is 2. The molecule has 0 saturated carbocycles. The van der Waals surface area contributed by atoms with Gasteiger partial charge in [0.25, 0.3) is 5.91 Å². The highest BCUT2D eigenvalue weighted by Gasteiger charge is 2.39. The van der Waals surface area contributed by atoms with Crippen LogP contribution in [-0.2, 0) is 19.6 Å². The van der Waals surface area contributed by atoms with Crippen molar-refractivity contribution in [2.45, 2.75) is 57.2 Å². The molecule has 1 aromatic rings. The SMILES string of the molecule is COc1ccc(S(=O)(=O)N(CC(C)C)CC(O)C(=O)N2CSC[C@H]2C(=O)NC(C)(C)C)cc1. The molecule has 0 spiro atoms. The van der Waals surface area contributed by atoms with E-state index in [1.165, 1.54) is 35.9 Å². The van der Waals surface area contributed by atoms with Gasteiger partial charge in [0.05, 0.1) is 17.9 Å². The van der Waals surface area contributed by atoms with Crippen LogP contribution in [0.5, 0.6) is 5.75 Å². The Balaban J connectivity index is 2.20. The molecule has 11 heteroatoms. The topological polar surface area (TPSA) is 116 Å². The van der Waals surface area contributed by atoms with E-state index in [4.69, 9.17) is 4.74 Å². The standard InChI is InChI=1S/C22H35N3O6S2/c1-15(2)11-24(33(29,30)17-9-7-16(31-6)8-10-17)12-19(26)21(28)25-14-32-13-18(25)20(27)23-22(3,4)5/h7-10,15,18-19,26H,11-14H2,1-6H3,(H,23,27)/t18-,19?/m0/s1. The van der Waals surface area contributed by atoms with Gasteiger partial charge >= 0.3 is 0 Å². The van der Waals surface area contributed by atoms with Crippen molar-refractivity contribution >= 4 is 33.6 Å². The first-order valence-corrected chi connectivity index (χ1v) is 13.4. The van der Waals surface area contributed by atoms with Crippen LogP contribution in [0.1, 0.15) is 34.6 Å². The zero-order valence-electron chi connectivity index (χ0n) is 20.1. The number of amides is 2. The van der Waals surface area contributed by atoms with Gasteiger partial charge in [-0.05, 0) is 51.0 Å². The number of sulfonamides is 1. The van der Waals surface area contributed by atoms with Gasteiger partial charge in [0.2, 0.25) is 15.9 Å². The minimum Gasteiger partial charge on any atom is -0.497 e. The molecule has 1 aliphatic rings. The predicted molar refractivity (Wildman–Crippen MR) is 128 cm³/mol. The summed E-state index contributed by atoms with van der Waals surface area (Å²) in [6, 6.07) is 5.23. The van der Waals surface area contributed by atoms with Gasteiger partial charge in [0.15, 0.2) is 0 Å². The largest absolute Gasteiger partial charge is 0.497 e. The van der Waals surface area contributed by atoms with Crippen LogP contribution < -0.4 is 10.1 Å². The lowest BCUT2D eigenvalue weighted by molar-refractivity contribution is -0.145. The van der Waals surface area contributed by atoms with E-state index in [0.29, 0.717) is 11.5 Å². The van der Waals surface area contributed by atoms with Crippen LogP contribution >= 0.6 is 11.8 Å². The summed E-state index contributed by atoms with van der Waals surface area (Å²) < 4.78 is 32.7. The summed E-state index contributed by atoms with van der Waals surface area (Å²) in [6.07, 6.45) is -1.60. The van der Waals surface area contributed by atoms with E-state index in [0.717, 1.165) is 4.31 Å². The van der Waals surface area contributed by atoms with Crippen molar-refractivity contribution in [1.29, 1.82) is 0 Å². The molecule has 2 amide bonds. The van der Waals surface area contributed by atoms with Crippen LogP contribution in [-0.4, -0.2) is 84.1 Å². The molecule has 1 fully saturated rings. The number of benzene rings is 1. The van der Waals surface area contributed by atoms with Gasteiger partial charge in [-0.15, -0.1) is 11.8 Å². The Kier molecular flexibility index (Phi) is 9.20. The first-order chi connectivity index (χ1) is 15.3. The number of aliphatic hydroxyl groups excluding tert-OH is 1. The molecule has 1 heterocycles. The number of aliphatic hydroxyl groups is 1. The Morgan fingerprint density at radius 3 is 2.36 bits per heavy atom. The molecular formula is C22H35N3O6S2. The summed E-state index contributed by atoms with van der Waals surface area (Å²) in [5, 5.41) is 13.6. The van der Waals surface area contributed by atoms with Gasteiger partial charge in [0.1, 0.15) is 17.9 Å². The van der Waals surface area contributed by atoms with Crippen LogP contribution in [0.2, 0.25) is 0 Å². The van der Waals surface area contributed by atoms with Crippen molar-refractivity contribution in [3.8, 4) is 5.75 Å². The molecular weight excluding hydrogens is 466 g/mol. The average Bonchev–Trinajstić information content (AvgIpc) is 3.21. The van der Waals surface area contributed by atoms with Gasteiger partial charge in [-0.3, -0.25) is 9.59 Å². The quantitative estimate of drug-likeness (QED) is 0.527. The van der Waals surface area contributed by atoms with Crippen LogP contribution in [0.4, 0.5) is 0 Å². The average molecular weight is 502 g/mol. The number of carbonyl (C=O) groups excluding carboxylic acids is 2. The third-order valence-electron chi connectivity index (χ3n) is 4.89. The fourth-order valence-electron chi connectivity index (χ4n) is 3.37. The van der Waals surface area contributed by atoms with E-state index < -0.39 is 40.2 Å². The summed E-state index contributed by atoms with van der Waals surface area (Å²) in [4.78, 5) is 27.1. The van der Waals surface area contributed by atoms with Gasteiger partial charge in [-0.1, -0.05) is 13.8 Å². The second-order valence-corrected chi connectivity index (χ2v) is 12.4. The van der Waals surface area contributed by atoms with Gasteiger partial charge in [-0.2, -0.15) is 4.31 Å². The zero-order chi connectivity index (χ0) is 25.0. The number of nitrogens with one attached hydrogen (secondary N) is 1. The fraction of sp³-hybridized carbons (Fsp3) is 0.636. The minimum atomic E-state index is -3.96. The molecule has 33 heavy (non-hydrogen) atoms. The van der Waals surface area contributed by atoms with Gasteiger partial charge < -0.3 is 20.1 Å². The highest BCUT2D eigenvalue weighted by Crippen LogP contribution is 2.24. The minimum absolute atomic E-state index is 0.0343. The molecule has 2 atom stereocenters. The van der Waals surface area contributed by atoms with E-state index in [9.17, 15) is 23.1 Å². The maximum atomic E-state index is 13.3. The van der Waals surface area contributed by atoms with Crippen LogP contribution in [0.25, 0.3) is 0 Å². The molecule has 0 radical (unpaired) electrons. The number of rotatable bonds is 9. The molecule has 2 N–H and O–H groups in total. The van der Waals surface area contributed by atoms with Gasteiger partial charge in [-0.25, -0.2) is 8.42 Å². The highest BCUT2D eigenvalue weighted by molar-refractivity contribution is 7.99. The molecule has 1 aromatic carbocycles. The first-order valence-electron chi connectivity index (χ1n) is 10.8. The zero-order valence-corrected chi connectivity index (χ0v) is 21.7. The molecule has 1 aliphatic heterocycles. The van der Waals surface area contributed by atoms with Crippen molar-refractivity contribution in [2.24, 2.45) is 5.92 Å². The molecule has 1 saturated heterocycles. The molecule has 2 rings (SSSR count). The number of methoxy groups -OCH3 is 1. The Morgan fingerprint density at radius 1 is 1.24 bits per heavy atom. The normalized spacial score (nSPS) is 18.0. The van der Waals surface area contributed by atoms with E-state index in [-0.39, 0.29) is 29.1 Å². The Labute approximate surface area is 200 Å². The summed E-state index contributed by atoms with van der Waals surface area (Å²) in [6.45, 7) is 8.98. The van der Waals surface area contributed by atoms with Crippen molar-refractivity contribution < 1.29 is 27.9 Å². The fourth-order valence-corrected chi connectivity index (χ4v) is 6.14. The first kappa shape index (κ1) is 27.4. The third-order valence-corrected chi connectivity index (χ3v) is 7.75. The van der Waals surface area contributed by atoms with Crippen molar-refractivity contribution in [1.82, 2.24) is 14.5 Å². The second-order valence-electron chi connectivity index (χ2n) is 9.47. The third kappa shape index (κ3) is 7.33. The Bertz CT molecular complexity index is 928.